The SMILES string of the molecule is CC(C)N1CCN(C2=Nc3ccccc3Oc3ccc(Cl)cc32)CC1. The van der Waals surface area contributed by atoms with Crippen LogP contribution < -0.4 is 4.74 Å². The fourth-order valence-electron chi connectivity index (χ4n) is 3.39. The Morgan fingerprint density at radius 2 is 1.76 bits per heavy atom. The minimum Gasteiger partial charge on any atom is -0.454 e. The molecule has 2 aliphatic rings. The standard InChI is InChI=1S/C20H22ClN3O/c1-14(2)23-9-11-24(12-10-23)20-16-13-15(21)7-8-18(16)25-19-6-4-3-5-17(19)22-20/h3-8,13-14H,9-12H2,1-2H3. The fourth-order valence-corrected chi connectivity index (χ4v) is 3.56. The molecule has 25 heavy (non-hydrogen) atoms. The predicted molar refractivity (Wildman–Crippen MR) is 102 cm³/mol. The molecule has 1 fully saturated rings. The van der Waals surface area contributed by atoms with E-state index in [4.69, 9.17) is 21.3 Å². The number of aliphatic imine (C=N–C) groups is 1. The Bertz CT molecular complexity index is 810. The van der Waals surface area contributed by atoms with Crippen LogP contribution in [0.4, 0.5) is 5.69 Å². The summed E-state index contributed by atoms with van der Waals surface area (Å²) in [4.78, 5) is 9.80. The minimum atomic E-state index is 0.573. The van der Waals surface area contributed by atoms with Crippen molar-refractivity contribution < 1.29 is 4.74 Å². The van der Waals surface area contributed by atoms with Crippen LogP contribution in [0, 0.1) is 0 Å². The van der Waals surface area contributed by atoms with Crippen molar-refractivity contribution >= 4 is 23.1 Å². The van der Waals surface area contributed by atoms with Gasteiger partial charge in [0.05, 0.1) is 5.56 Å². The van der Waals surface area contributed by atoms with Gasteiger partial charge in [-0.1, -0.05) is 23.7 Å². The third-order valence-electron chi connectivity index (χ3n) is 4.84. The minimum absolute atomic E-state index is 0.573. The van der Waals surface area contributed by atoms with E-state index in [1.54, 1.807) is 0 Å². The maximum absolute atomic E-state index is 6.27. The zero-order valence-corrected chi connectivity index (χ0v) is 15.3. The summed E-state index contributed by atoms with van der Waals surface area (Å²) in [7, 11) is 0. The molecule has 0 bridgehead atoms. The average Bonchev–Trinajstić information content (AvgIpc) is 2.78. The van der Waals surface area contributed by atoms with Crippen LogP contribution >= 0.6 is 11.6 Å². The van der Waals surface area contributed by atoms with Gasteiger partial charge >= 0.3 is 0 Å². The van der Waals surface area contributed by atoms with Gasteiger partial charge in [-0.2, -0.15) is 0 Å². The van der Waals surface area contributed by atoms with Crippen LogP contribution in [-0.4, -0.2) is 47.9 Å². The van der Waals surface area contributed by atoms with E-state index in [9.17, 15) is 0 Å². The van der Waals surface area contributed by atoms with Crippen LogP contribution in [0.2, 0.25) is 5.02 Å². The molecule has 5 heteroatoms. The maximum atomic E-state index is 6.27. The Labute approximate surface area is 153 Å². The molecule has 0 unspecified atom stereocenters. The van der Waals surface area contributed by atoms with Gasteiger partial charge in [0.1, 0.15) is 17.3 Å². The number of para-hydroxylation sites is 2. The molecule has 0 aromatic heterocycles. The van der Waals surface area contributed by atoms with Crippen LogP contribution in [-0.2, 0) is 0 Å². The summed E-state index contributed by atoms with van der Waals surface area (Å²) >= 11 is 6.27. The molecule has 0 amide bonds. The highest BCUT2D eigenvalue weighted by molar-refractivity contribution is 6.31. The first-order chi connectivity index (χ1) is 12.1. The number of amidine groups is 1. The van der Waals surface area contributed by atoms with E-state index in [1.807, 2.05) is 42.5 Å². The summed E-state index contributed by atoms with van der Waals surface area (Å²) in [6, 6.07) is 14.2. The molecule has 0 N–H and O–H groups in total. The molecular weight excluding hydrogens is 334 g/mol. The number of piperazine rings is 1. The Hall–Kier alpha value is -2.04. The molecule has 2 aliphatic heterocycles. The van der Waals surface area contributed by atoms with Gasteiger partial charge in [0.2, 0.25) is 0 Å². The summed E-state index contributed by atoms with van der Waals surface area (Å²) in [5.74, 6) is 2.53. The summed E-state index contributed by atoms with van der Waals surface area (Å²) in [5.41, 5.74) is 1.82. The molecule has 4 nitrogen and oxygen atoms in total. The number of nitrogens with zero attached hydrogens (tertiary/aromatic N) is 3. The molecular formula is C20H22ClN3O. The van der Waals surface area contributed by atoms with Gasteiger partial charge in [0.15, 0.2) is 5.75 Å². The first-order valence-corrected chi connectivity index (χ1v) is 9.14. The summed E-state index contributed by atoms with van der Waals surface area (Å²) in [5, 5.41) is 0.696. The van der Waals surface area contributed by atoms with Crippen LogP contribution in [0.5, 0.6) is 11.5 Å². The smallest absolute Gasteiger partial charge is 0.153 e. The van der Waals surface area contributed by atoms with Gasteiger partial charge in [-0.05, 0) is 44.2 Å². The van der Waals surface area contributed by atoms with E-state index < -0.39 is 0 Å². The zero-order valence-electron chi connectivity index (χ0n) is 14.6. The number of benzene rings is 2. The van der Waals surface area contributed by atoms with Gasteiger partial charge in [-0.25, -0.2) is 4.99 Å². The molecule has 0 radical (unpaired) electrons. The number of hydrogen-bond acceptors (Lipinski definition) is 4. The van der Waals surface area contributed by atoms with Crippen molar-refractivity contribution in [1.29, 1.82) is 0 Å². The van der Waals surface area contributed by atoms with Crippen molar-refractivity contribution in [3.63, 3.8) is 0 Å². The lowest BCUT2D eigenvalue weighted by Gasteiger charge is -2.38. The highest BCUT2D eigenvalue weighted by Crippen LogP contribution is 2.38. The molecule has 0 atom stereocenters. The van der Waals surface area contributed by atoms with Crippen LogP contribution in [0.1, 0.15) is 19.4 Å². The normalized spacial score (nSPS) is 17.4. The first kappa shape index (κ1) is 16.4. The van der Waals surface area contributed by atoms with Crippen molar-refractivity contribution in [3.05, 3.63) is 53.1 Å². The monoisotopic (exact) mass is 355 g/mol. The second-order valence-electron chi connectivity index (χ2n) is 6.76. The molecule has 2 heterocycles. The van der Waals surface area contributed by atoms with E-state index >= 15 is 0 Å². The number of hydrogen-bond donors (Lipinski definition) is 0. The molecule has 0 aliphatic carbocycles. The van der Waals surface area contributed by atoms with Crippen LogP contribution in [0.15, 0.2) is 47.5 Å². The Morgan fingerprint density at radius 3 is 2.52 bits per heavy atom. The molecule has 130 valence electrons. The van der Waals surface area contributed by atoms with Crippen LogP contribution in [0.25, 0.3) is 0 Å². The first-order valence-electron chi connectivity index (χ1n) is 8.76. The lowest BCUT2D eigenvalue weighted by Crippen LogP contribution is -2.50. The molecule has 0 spiro atoms. The van der Waals surface area contributed by atoms with Gasteiger partial charge in [-0.3, -0.25) is 4.90 Å². The molecule has 2 aromatic rings. The second kappa shape index (κ2) is 6.70. The van der Waals surface area contributed by atoms with Gasteiger partial charge in [0.25, 0.3) is 0 Å². The van der Waals surface area contributed by atoms with E-state index in [2.05, 4.69) is 23.6 Å². The summed E-state index contributed by atoms with van der Waals surface area (Å²) in [6.07, 6.45) is 0. The van der Waals surface area contributed by atoms with Crippen molar-refractivity contribution in [1.82, 2.24) is 9.80 Å². The largest absolute Gasteiger partial charge is 0.454 e. The molecule has 0 saturated carbocycles. The fraction of sp³-hybridized carbons (Fsp3) is 0.350. The van der Waals surface area contributed by atoms with E-state index in [-0.39, 0.29) is 0 Å². The Balaban J connectivity index is 1.75. The van der Waals surface area contributed by atoms with Crippen LogP contribution in [0.3, 0.4) is 0 Å². The third kappa shape index (κ3) is 3.24. The number of rotatable bonds is 1. The molecule has 4 rings (SSSR count). The molecule has 1 saturated heterocycles. The summed E-state index contributed by atoms with van der Waals surface area (Å²) < 4.78 is 6.13. The summed E-state index contributed by atoms with van der Waals surface area (Å²) in [6.45, 7) is 8.47. The van der Waals surface area contributed by atoms with Crippen molar-refractivity contribution in [2.75, 3.05) is 26.2 Å². The van der Waals surface area contributed by atoms with Crippen molar-refractivity contribution in [3.8, 4) is 11.5 Å². The zero-order chi connectivity index (χ0) is 17.4. The van der Waals surface area contributed by atoms with Gasteiger partial charge < -0.3 is 9.64 Å². The highest BCUT2D eigenvalue weighted by atomic mass is 35.5. The Kier molecular flexibility index (Phi) is 4.40. The predicted octanol–water partition coefficient (Wildman–Crippen LogP) is 4.55. The van der Waals surface area contributed by atoms with E-state index in [0.29, 0.717) is 11.1 Å². The van der Waals surface area contributed by atoms with Gasteiger partial charge in [0, 0.05) is 37.2 Å². The van der Waals surface area contributed by atoms with Crippen molar-refractivity contribution in [2.24, 2.45) is 4.99 Å². The lowest BCUT2D eigenvalue weighted by molar-refractivity contribution is 0.149. The second-order valence-corrected chi connectivity index (χ2v) is 7.20. The average molecular weight is 356 g/mol. The number of halogens is 1. The topological polar surface area (TPSA) is 28.1 Å². The quantitative estimate of drug-likeness (QED) is 0.751. The highest BCUT2D eigenvalue weighted by Gasteiger charge is 2.26. The molecule has 2 aromatic carbocycles. The number of fused-ring (bicyclic) bond motifs is 2. The lowest BCUT2D eigenvalue weighted by atomic mass is 10.1. The Morgan fingerprint density at radius 1 is 1.00 bits per heavy atom. The van der Waals surface area contributed by atoms with Crippen molar-refractivity contribution in [2.45, 2.75) is 19.9 Å². The third-order valence-corrected chi connectivity index (χ3v) is 5.07. The number of ether oxygens (including phenoxy) is 1. The van der Waals surface area contributed by atoms with E-state index in [0.717, 1.165) is 54.8 Å². The van der Waals surface area contributed by atoms with E-state index in [1.165, 1.54) is 0 Å². The van der Waals surface area contributed by atoms with Gasteiger partial charge in [-0.15, -0.1) is 0 Å². The maximum Gasteiger partial charge on any atom is 0.153 e.